The van der Waals surface area contributed by atoms with Gasteiger partial charge >= 0.3 is 5.97 Å². The predicted molar refractivity (Wildman–Crippen MR) is 105 cm³/mol. The van der Waals surface area contributed by atoms with Crippen molar-refractivity contribution in [1.29, 1.82) is 0 Å². The zero-order valence-electron chi connectivity index (χ0n) is 14.4. The maximum absolute atomic E-state index is 13.2. The van der Waals surface area contributed by atoms with E-state index in [1.165, 1.54) is 23.3 Å². The number of hydrogen-bond acceptors (Lipinski definition) is 6. The SMILES string of the molecule is COC(=O)c1sc(I)cc1N(C(=O)C1CCC(C)CC1)C(CO)CO. The predicted octanol–water partition coefficient (Wildman–Crippen LogP) is 2.65. The number of rotatable bonds is 6. The van der Waals surface area contributed by atoms with Crippen molar-refractivity contribution in [2.75, 3.05) is 25.2 Å². The summed E-state index contributed by atoms with van der Waals surface area (Å²) in [5, 5.41) is 19.3. The second-order valence-electron chi connectivity index (χ2n) is 6.44. The first-order valence-electron chi connectivity index (χ1n) is 8.35. The molecule has 1 aliphatic carbocycles. The van der Waals surface area contributed by atoms with Crippen LogP contribution in [0.5, 0.6) is 0 Å². The molecule has 0 radical (unpaired) electrons. The van der Waals surface area contributed by atoms with Gasteiger partial charge in [-0.25, -0.2) is 4.79 Å². The number of esters is 1. The minimum Gasteiger partial charge on any atom is -0.465 e. The molecule has 0 aromatic carbocycles. The molecule has 1 fully saturated rings. The van der Waals surface area contributed by atoms with Crippen LogP contribution in [0.15, 0.2) is 6.07 Å². The van der Waals surface area contributed by atoms with Crippen molar-refractivity contribution in [3.05, 3.63) is 13.8 Å². The zero-order valence-corrected chi connectivity index (χ0v) is 17.4. The number of thiophene rings is 1. The third kappa shape index (κ3) is 4.72. The smallest absolute Gasteiger partial charge is 0.350 e. The molecule has 1 aromatic rings. The van der Waals surface area contributed by atoms with E-state index in [9.17, 15) is 19.8 Å². The Kier molecular flexibility index (Phi) is 7.66. The normalized spacial score (nSPS) is 20.6. The van der Waals surface area contributed by atoms with Crippen molar-refractivity contribution in [1.82, 2.24) is 0 Å². The van der Waals surface area contributed by atoms with E-state index in [0.29, 0.717) is 16.5 Å². The van der Waals surface area contributed by atoms with E-state index in [-0.39, 0.29) is 25.0 Å². The van der Waals surface area contributed by atoms with Gasteiger partial charge in [-0.1, -0.05) is 6.92 Å². The number of methoxy groups -OCH3 is 1. The standard InChI is InChI=1S/C17H24INO5S/c1-10-3-5-11(6-4-10)16(22)19(12(8-20)9-21)13-7-14(18)25-15(13)17(23)24-2/h7,10-12,20-21H,3-6,8-9H2,1-2H3. The third-order valence-electron chi connectivity index (χ3n) is 4.70. The molecule has 25 heavy (non-hydrogen) atoms. The lowest BCUT2D eigenvalue weighted by Gasteiger charge is -2.34. The molecule has 0 unspecified atom stereocenters. The van der Waals surface area contributed by atoms with E-state index in [1.54, 1.807) is 6.07 Å². The third-order valence-corrected chi connectivity index (χ3v) is 6.57. The summed E-state index contributed by atoms with van der Waals surface area (Å²) in [7, 11) is 1.29. The van der Waals surface area contributed by atoms with Gasteiger partial charge in [0.1, 0.15) is 4.88 Å². The fraction of sp³-hybridized carbons (Fsp3) is 0.647. The van der Waals surface area contributed by atoms with E-state index in [2.05, 4.69) is 29.5 Å². The molecule has 0 atom stereocenters. The summed E-state index contributed by atoms with van der Waals surface area (Å²) in [5.74, 6) is -0.205. The first-order valence-corrected chi connectivity index (χ1v) is 10.2. The molecule has 1 amide bonds. The molecule has 1 heterocycles. The maximum atomic E-state index is 13.2. The quantitative estimate of drug-likeness (QED) is 0.482. The van der Waals surface area contributed by atoms with Crippen LogP contribution in [0, 0.1) is 14.7 Å². The zero-order chi connectivity index (χ0) is 18.6. The molecule has 1 aliphatic rings. The van der Waals surface area contributed by atoms with Crippen LogP contribution in [0.3, 0.4) is 0 Å². The first kappa shape index (κ1) is 20.6. The summed E-state index contributed by atoms with van der Waals surface area (Å²) >= 11 is 3.32. The highest BCUT2D eigenvalue weighted by Crippen LogP contribution is 2.36. The van der Waals surface area contributed by atoms with Crippen LogP contribution in [-0.4, -0.2) is 48.5 Å². The van der Waals surface area contributed by atoms with Gasteiger partial charge in [0, 0.05) is 5.92 Å². The van der Waals surface area contributed by atoms with Crippen molar-refractivity contribution >= 4 is 51.5 Å². The highest BCUT2D eigenvalue weighted by Gasteiger charge is 2.35. The van der Waals surface area contributed by atoms with Crippen LogP contribution in [0.1, 0.15) is 42.3 Å². The van der Waals surface area contributed by atoms with Gasteiger partial charge < -0.3 is 19.8 Å². The molecular formula is C17H24INO5S. The lowest BCUT2D eigenvalue weighted by Crippen LogP contribution is -2.48. The molecule has 0 spiro atoms. The number of amides is 1. The van der Waals surface area contributed by atoms with Crippen molar-refractivity contribution in [3.8, 4) is 0 Å². The van der Waals surface area contributed by atoms with Gasteiger partial charge in [-0.15, -0.1) is 11.3 Å². The topological polar surface area (TPSA) is 87.1 Å². The number of anilines is 1. The van der Waals surface area contributed by atoms with Crippen LogP contribution >= 0.6 is 33.9 Å². The summed E-state index contributed by atoms with van der Waals surface area (Å²) in [6.07, 6.45) is 3.54. The second kappa shape index (κ2) is 9.29. The van der Waals surface area contributed by atoms with Crippen molar-refractivity contribution < 1.29 is 24.5 Å². The summed E-state index contributed by atoms with van der Waals surface area (Å²) in [5.41, 5.74) is 0.415. The summed E-state index contributed by atoms with van der Waals surface area (Å²) in [6, 6.07) is 0.958. The van der Waals surface area contributed by atoms with E-state index >= 15 is 0 Å². The number of aliphatic hydroxyl groups is 2. The van der Waals surface area contributed by atoms with Gasteiger partial charge in [0.25, 0.3) is 0 Å². The Morgan fingerprint density at radius 2 is 1.92 bits per heavy atom. The van der Waals surface area contributed by atoms with Gasteiger partial charge in [-0.05, 0) is 60.3 Å². The van der Waals surface area contributed by atoms with E-state index < -0.39 is 12.0 Å². The monoisotopic (exact) mass is 481 g/mol. The second-order valence-corrected chi connectivity index (χ2v) is 9.39. The molecule has 1 aromatic heterocycles. The van der Waals surface area contributed by atoms with Crippen molar-refractivity contribution in [2.24, 2.45) is 11.8 Å². The van der Waals surface area contributed by atoms with E-state index in [4.69, 9.17) is 4.74 Å². The molecule has 2 rings (SSSR count). The number of halogens is 1. The molecule has 140 valence electrons. The summed E-state index contributed by atoms with van der Waals surface area (Å²) in [4.78, 5) is 27.0. The molecule has 0 bridgehead atoms. The Morgan fingerprint density at radius 3 is 2.44 bits per heavy atom. The summed E-state index contributed by atoms with van der Waals surface area (Å²) < 4.78 is 5.66. The first-order chi connectivity index (χ1) is 11.9. The molecule has 0 saturated heterocycles. The molecule has 1 saturated carbocycles. The average Bonchev–Trinajstić information content (AvgIpc) is 3.00. The minimum absolute atomic E-state index is 0.139. The highest BCUT2D eigenvalue weighted by atomic mass is 127. The number of ether oxygens (including phenoxy) is 1. The van der Waals surface area contributed by atoms with Crippen molar-refractivity contribution in [3.63, 3.8) is 0 Å². The summed E-state index contributed by atoms with van der Waals surface area (Å²) in [6.45, 7) is 1.43. The number of carbonyl (C=O) groups excluding carboxylic acids is 2. The Morgan fingerprint density at radius 1 is 1.32 bits per heavy atom. The van der Waals surface area contributed by atoms with E-state index in [0.717, 1.165) is 28.6 Å². The fourth-order valence-electron chi connectivity index (χ4n) is 3.19. The lowest BCUT2D eigenvalue weighted by molar-refractivity contribution is -0.124. The van der Waals surface area contributed by atoms with E-state index in [1.807, 2.05) is 0 Å². The number of nitrogens with zero attached hydrogens (tertiary/aromatic N) is 1. The van der Waals surface area contributed by atoms with Crippen LogP contribution in [0.2, 0.25) is 0 Å². The Hall–Kier alpha value is -0.710. The average molecular weight is 481 g/mol. The molecule has 8 heteroatoms. The van der Waals surface area contributed by atoms with Crippen LogP contribution in [-0.2, 0) is 9.53 Å². The van der Waals surface area contributed by atoms with Crippen molar-refractivity contribution in [2.45, 2.75) is 38.6 Å². The van der Waals surface area contributed by atoms with Gasteiger partial charge in [-0.2, -0.15) is 0 Å². The number of hydrogen-bond donors (Lipinski definition) is 2. The Bertz CT molecular complexity index is 608. The highest BCUT2D eigenvalue weighted by molar-refractivity contribution is 14.1. The molecule has 6 nitrogen and oxygen atoms in total. The van der Waals surface area contributed by atoms with Gasteiger partial charge in [0.15, 0.2) is 0 Å². The maximum Gasteiger partial charge on any atom is 0.350 e. The number of aliphatic hydroxyl groups excluding tert-OH is 2. The largest absolute Gasteiger partial charge is 0.465 e. The van der Waals surface area contributed by atoms with Crippen LogP contribution < -0.4 is 4.90 Å². The Balaban J connectivity index is 2.40. The minimum atomic E-state index is -0.777. The van der Waals surface area contributed by atoms with Gasteiger partial charge in [-0.3, -0.25) is 4.79 Å². The molecule has 0 aliphatic heterocycles. The van der Waals surface area contributed by atoms with Crippen LogP contribution in [0.25, 0.3) is 0 Å². The Labute approximate surface area is 165 Å². The molecule has 2 N–H and O–H groups in total. The molecular weight excluding hydrogens is 457 g/mol. The van der Waals surface area contributed by atoms with Gasteiger partial charge in [0.2, 0.25) is 5.91 Å². The van der Waals surface area contributed by atoms with Crippen LogP contribution in [0.4, 0.5) is 5.69 Å². The van der Waals surface area contributed by atoms with Gasteiger partial charge in [0.05, 0.1) is 34.9 Å². The number of carbonyl (C=O) groups is 2. The lowest BCUT2D eigenvalue weighted by atomic mass is 9.82. The fourth-order valence-corrected chi connectivity index (χ4v) is 4.94.